The summed E-state index contributed by atoms with van der Waals surface area (Å²) in [7, 11) is 1.76. The average molecular weight is 316 g/mol. The van der Waals surface area contributed by atoms with Crippen LogP contribution in [-0.4, -0.2) is 41.5 Å². The van der Waals surface area contributed by atoms with Crippen LogP contribution in [0.4, 0.5) is 10.2 Å². The third kappa shape index (κ3) is 2.09. The van der Waals surface area contributed by atoms with Crippen LogP contribution in [-0.2, 0) is 4.79 Å². The van der Waals surface area contributed by atoms with E-state index in [4.69, 9.17) is 0 Å². The van der Waals surface area contributed by atoms with E-state index in [9.17, 15) is 9.18 Å². The largest absolute Gasteiger partial charge is 0.342 e. The topological polar surface area (TPSA) is 36.4 Å². The van der Waals surface area contributed by atoms with Gasteiger partial charge in [0.15, 0.2) is 11.6 Å². The number of hydrogen-bond acceptors (Lipinski definition) is 3. The van der Waals surface area contributed by atoms with E-state index in [-0.39, 0.29) is 11.7 Å². The van der Waals surface area contributed by atoms with Gasteiger partial charge in [0, 0.05) is 30.8 Å². The minimum atomic E-state index is -0.783. The van der Waals surface area contributed by atoms with Gasteiger partial charge in [-0.05, 0) is 35.8 Å². The molecule has 1 fully saturated rings. The number of halogens is 2. The van der Waals surface area contributed by atoms with Crippen molar-refractivity contribution in [2.24, 2.45) is 0 Å². The SMILES string of the molecule is CN1CCN(c2ncc(Br)cc2F)C(C)(C)C1=O. The predicted octanol–water partition coefficient (Wildman–Crippen LogP) is 2.04. The van der Waals surface area contributed by atoms with Gasteiger partial charge >= 0.3 is 0 Å². The van der Waals surface area contributed by atoms with Crippen molar-refractivity contribution >= 4 is 27.7 Å². The van der Waals surface area contributed by atoms with Gasteiger partial charge in [-0.3, -0.25) is 4.79 Å². The highest BCUT2D eigenvalue weighted by Gasteiger charge is 2.42. The number of aromatic nitrogens is 1. The van der Waals surface area contributed by atoms with E-state index in [0.717, 1.165) is 0 Å². The molecule has 0 saturated carbocycles. The van der Waals surface area contributed by atoms with E-state index in [1.54, 1.807) is 30.7 Å². The van der Waals surface area contributed by atoms with Crippen LogP contribution in [0, 0.1) is 5.82 Å². The fraction of sp³-hybridized carbons (Fsp3) is 0.500. The van der Waals surface area contributed by atoms with E-state index >= 15 is 0 Å². The maximum atomic E-state index is 13.9. The molecule has 0 N–H and O–H groups in total. The number of pyridine rings is 1. The Morgan fingerprint density at radius 1 is 1.44 bits per heavy atom. The highest BCUT2D eigenvalue weighted by atomic mass is 79.9. The van der Waals surface area contributed by atoms with Crippen molar-refractivity contribution in [3.8, 4) is 0 Å². The van der Waals surface area contributed by atoms with Crippen molar-refractivity contribution in [3.63, 3.8) is 0 Å². The first-order valence-corrected chi connectivity index (χ1v) is 6.47. The van der Waals surface area contributed by atoms with Gasteiger partial charge in [0.05, 0.1) is 0 Å². The van der Waals surface area contributed by atoms with E-state index in [0.29, 0.717) is 17.6 Å². The summed E-state index contributed by atoms with van der Waals surface area (Å²) in [5, 5.41) is 0. The number of hydrogen-bond donors (Lipinski definition) is 0. The Morgan fingerprint density at radius 2 is 2.11 bits per heavy atom. The van der Waals surface area contributed by atoms with Gasteiger partial charge in [0.1, 0.15) is 5.54 Å². The number of likely N-dealkylation sites (N-methyl/N-ethyl adjacent to an activating group) is 1. The van der Waals surface area contributed by atoms with Gasteiger partial charge in [0.2, 0.25) is 5.91 Å². The number of amides is 1. The number of nitrogens with zero attached hydrogens (tertiary/aromatic N) is 3. The molecule has 18 heavy (non-hydrogen) atoms. The minimum absolute atomic E-state index is 0.0298. The molecule has 1 amide bonds. The predicted molar refractivity (Wildman–Crippen MR) is 71.0 cm³/mol. The zero-order chi connectivity index (χ0) is 13.5. The van der Waals surface area contributed by atoms with Gasteiger partial charge in [-0.15, -0.1) is 0 Å². The molecule has 1 aliphatic rings. The Morgan fingerprint density at radius 3 is 2.72 bits per heavy atom. The quantitative estimate of drug-likeness (QED) is 0.795. The maximum Gasteiger partial charge on any atom is 0.247 e. The van der Waals surface area contributed by atoms with E-state index < -0.39 is 11.4 Å². The van der Waals surface area contributed by atoms with E-state index in [2.05, 4.69) is 20.9 Å². The zero-order valence-electron chi connectivity index (χ0n) is 10.6. The van der Waals surface area contributed by atoms with Gasteiger partial charge in [-0.1, -0.05) is 0 Å². The normalized spacial score (nSPS) is 19.3. The van der Waals surface area contributed by atoms with Crippen molar-refractivity contribution in [2.45, 2.75) is 19.4 Å². The number of carbonyl (C=O) groups is 1. The molecular weight excluding hydrogens is 301 g/mol. The number of carbonyl (C=O) groups excluding carboxylic acids is 1. The van der Waals surface area contributed by atoms with Crippen molar-refractivity contribution in [3.05, 3.63) is 22.6 Å². The standard InChI is InChI=1S/C12H15BrFN3O/c1-12(2)11(18)16(3)4-5-17(12)10-9(14)6-8(13)7-15-10/h6-7H,4-5H2,1-3H3. The first-order valence-electron chi connectivity index (χ1n) is 5.68. The summed E-state index contributed by atoms with van der Waals surface area (Å²) >= 11 is 3.17. The highest BCUT2D eigenvalue weighted by molar-refractivity contribution is 9.10. The third-order valence-electron chi connectivity index (χ3n) is 3.25. The second-order valence-electron chi connectivity index (χ2n) is 4.90. The lowest BCUT2D eigenvalue weighted by molar-refractivity contribution is -0.136. The molecule has 1 aliphatic heterocycles. The molecule has 0 aromatic carbocycles. The molecule has 1 aromatic heterocycles. The monoisotopic (exact) mass is 315 g/mol. The molecule has 1 aromatic rings. The molecular formula is C12H15BrFN3O. The van der Waals surface area contributed by atoms with Gasteiger partial charge in [-0.2, -0.15) is 0 Å². The molecule has 4 nitrogen and oxygen atoms in total. The second-order valence-corrected chi connectivity index (χ2v) is 5.81. The molecule has 0 bridgehead atoms. The summed E-state index contributed by atoms with van der Waals surface area (Å²) in [5.74, 6) is -0.225. The summed E-state index contributed by atoms with van der Waals surface area (Å²) in [5.41, 5.74) is -0.783. The molecule has 0 aliphatic carbocycles. The molecule has 98 valence electrons. The number of rotatable bonds is 1. The van der Waals surface area contributed by atoms with Crippen molar-refractivity contribution < 1.29 is 9.18 Å². The van der Waals surface area contributed by atoms with E-state index in [1.165, 1.54) is 12.3 Å². The van der Waals surface area contributed by atoms with Gasteiger partial charge in [-0.25, -0.2) is 9.37 Å². The van der Waals surface area contributed by atoms with Crippen LogP contribution in [0.15, 0.2) is 16.7 Å². The fourth-order valence-electron chi connectivity index (χ4n) is 2.19. The molecule has 6 heteroatoms. The Balaban J connectivity index is 2.41. The van der Waals surface area contributed by atoms with Gasteiger partial charge in [0.25, 0.3) is 0 Å². The molecule has 2 rings (SSSR count). The Labute approximate surface area is 114 Å². The highest BCUT2D eigenvalue weighted by Crippen LogP contribution is 2.29. The lowest BCUT2D eigenvalue weighted by Crippen LogP contribution is -2.62. The first kappa shape index (κ1) is 13.3. The molecule has 2 heterocycles. The maximum absolute atomic E-state index is 13.9. The molecule has 0 unspecified atom stereocenters. The molecule has 1 saturated heterocycles. The Bertz CT molecular complexity index is 492. The molecule has 0 radical (unpaired) electrons. The Kier molecular flexibility index (Phi) is 3.31. The molecule has 0 spiro atoms. The van der Waals surface area contributed by atoms with Crippen LogP contribution >= 0.6 is 15.9 Å². The average Bonchev–Trinajstić information content (AvgIpc) is 2.28. The smallest absolute Gasteiger partial charge is 0.247 e. The van der Waals surface area contributed by atoms with Gasteiger partial charge < -0.3 is 9.80 Å². The summed E-state index contributed by atoms with van der Waals surface area (Å²) in [6.45, 7) is 4.71. The summed E-state index contributed by atoms with van der Waals surface area (Å²) in [6.07, 6.45) is 1.54. The van der Waals surface area contributed by atoms with E-state index in [1.807, 2.05) is 0 Å². The fourth-order valence-corrected chi connectivity index (χ4v) is 2.49. The van der Waals surface area contributed by atoms with Crippen molar-refractivity contribution in [1.29, 1.82) is 0 Å². The summed E-state index contributed by atoms with van der Waals surface area (Å²) in [6, 6.07) is 1.36. The van der Waals surface area contributed by atoms with Crippen LogP contribution in [0.25, 0.3) is 0 Å². The van der Waals surface area contributed by atoms with Crippen LogP contribution in [0.3, 0.4) is 0 Å². The number of anilines is 1. The van der Waals surface area contributed by atoms with Crippen molar-refractivity contribution in [1.82, 2.24) is 9.88 Å². The molecule has 0 atom stereocenters. The lowest BCUT2D eigenvalue weighted by atomic mass is 9.98. The first-order chi connectivity index (χ1) is 8.34. The lowest BCUT2D eigenvalue weighted by Gasteiger charge is -2.45. The number of piperazine rings is 1. The summed E-state index contributed by atoms with van der Waals surface area (Å²) < 4.78 is 14.5. The third-order valence-corrected chi connectivity index (χ3v) is 3.68. The summed E-state index contributed by atoms with van der Waals surface area (Å²) in [4.78, 5) is 19.6. The van der Waals surface area contributed by atoms with Crippen LogP contribution < -0.4 is 4.90 Å². The van der Waals surface area contributed by atoms with Crippen molar-refractivity contribution in [2.75, 3.05) is 25.0 Å². The van der Waals surface area contributed by atoms with Crippen LogP contribution in [0.1, 0.15) is 13.8 Å². The second kappa shape index (κ2) is 4.50. The van der Waals surface area contributed by atoms with Crippen LogP contribution in [0.5, 0.6) is 0 Å². The zero-order valence-corrected chi connectivity index (χ0v) is 12.2. The minimum Gasteiger partial charge on any atom is -0.342 e. The Hall–Kier alpha value is -1.17. The van der Waals surface area contributed by atoms with Crippen LogP contribution in [0.2, 0.25) is 0 Å².